The largest absolute Gasteiger partial charge is 0.488 e. The first kappa shape index (κ1) is 21.0. The highest BCUT2D eigenvalue weighted by molar-refractivity contribution is 14.0. The lowest BCUT2D eigenvalue weighted by molar-refractivity contribution is 0.0954. The van der Waals surface area contributed by atoms with Crippen LogP contribution >= 0.6 is 24.0 Å². The van der Waals surface area contributed by atoms with E-state index in [1.165, 1.54) is 5.56 Å². The number of hydrogen-bond acceptors (Lipinski definition) is 3. The first-order valence-corrected chi connectivity index (χ1v) is 8.78. The van der Waals surface area contributed by atoms with Gasteiger partial charge in [0.2, 0.25) is 0 Å². The first-order chi connectivity index (χ1) is 12.8. The van der Waals surface area contributed by atoms with Crippen molar-refractivity contribution in [2.75, 3.05) is 26.7 Å². The van der Waals surface area contributed by atoms with Gasteiger partial charge in [-0.05, 0) is 23.8 Å². The van der Waals surface area contributed by atoms with Crippen LogP contribution < -0.4 is 20.7 Å². The highest BCUT2D eigenvalue weighted by Gasteiger charge is 2.22. The second kappa shape index (κ2) is 10.8. The van der Waals surface area contributed by atoms with E-state index in [-0.39, 0.29) is 36.0 Å². The predicted octanol–water partition coefficient (Wildman–Crippen LogP) is 2.20. The fourth-order valence-electron chi connectivity index (χ4n) is 2.85. The Kier molecular flexibility index (Phi) is 8.38. The zero-order valence-corrected chi connectivity index (χ0v) is 17.6. The summed E-state index contributed by atoms with van der Waals surface area (Å²) in [7, 11) is 1.72. The van der Waals surface area contributed by atoms with Crippen LogP contribution in [0.15, 0.2) is 59.6 Å². The summed E-state index contributed by atoms with van der Waals surface area (Å²) in [5.41, 5.74) is 1.90. The second-order valence-electron chi connectivity index (χ2n) is 6.05. The Morgan fingerprint density at radius 3 is 2.48 bits per heavy atom. The zero-order valence-electron chi connectivity index (χ0n) is 15.3. The first-order valence-electron chi connectivity index (χ1n) is 8.78. The van der Waals surface area contributed by atoms with Crippen LogP contribution in [0.2, 0.25) is 0 Å². The summed E-state index contributed by atoms with van der Waals surface area (Å²) in [5, 5.41) is 9.34. The molecule has 0 spiro atoms. The maximum atomic E-state index is 12.0. The molecule has 1 unspecified atom stereocenters. The molecule has 1 heterocycles. The van der Waals surface area contributed by atoms with Gasteiger partial charge >= 0.3 is 0 Å². The second-order valence-corrected chi connectivity index (χ2v) is 6.05. The zero-order chi connectivity index (χ0) is 18.2. The molecule has 2 aromatic rings. The minimum Gasteiger partial charge on any atom is -0.488 e. The van der Waals surface area contributed by atoms with Crippen molar-refractivity contribution in [1.29, 1.82) is 0 Å². The quantitative estimate of drug-likeness (QED) is 0.257. The van der Waals surface area contributed by atoms with Crippen LogP contribution in [-0.2, 0) is 6.42 Å². The van der Waals surface area contributed by atoms with E-state index in [1.54, 1.807) is 19.2 Å². The summed E-state index contributed by atoms with van der Waals surface area (Å²) in [6, 6.07) is 17.3. The van der Waals surface area contributed by atoms with Gasteiger partial charge in [-0.1, -0.05) is 36.4 Å². The summed E-state index contributed by atoms with van der Waals surface area (Å²) in [6.45, 7) is 1.77. The number of amides is 1. The van der Waals surface area contributed by atoms with Gasteiger partial charge in [-0.3, -0.25) is 9.79 Å². The summed E-state index contributed by atoms with van der Waals surface area (Å²) in [5.74, 6) is 1.58. The van der Waals surface area contributed by atoms with E-state index in [1.807, 2.05) is 36.4 Å². The molecule has 27 heavy (non-hydrogen) atoms. The Bertz CT molecular complexity index is 743. The molecule has 1 atom stereocenters. The van der Waals surface area contributed by atoms with Crippen molar-refractivity contribution in [2.24, 2.45) is 4.99 Å². The van der Waals surface area contributed by atoms with Crippen molar-refractivity contribution < 1.29 is 9.53 Å². The third-order valence-corrected chi connectivity index (χ3v) is 4.17. The van der Waals surface area contributed by atoms with E-state index in [0.29, 0.717) is 31.2 Å². The average molecular weight is 480 g/mol. The molecule has 144 valence electrons. The summed E-state index contributed by atoms with van der Waals surface area (Å²) >= 11 is 0. The molecule has 7 heteroatoms. The third-order valence-electron chi connectivity index (χ3n) is 4.17. The van der Waals surface area contributed by atoms with Gasteiger partial charge in [-0.25, -0.2) is 0 Å². The van der Waals surface area contributed by atoms with E-state index in [4.69, 9.17) is 4.74 Å². The maximum Gasteiger partial charge on any atom is 0.251 e. The molecule has 0 bridgehead atoms. The van der Waals surface area contributed by atoms with Gasteiger partial charge in [0, 0.05) is 32.1 Å². The standard InChI is InChI=1S/C20H24N4O2.HI/c1-21-20(23-12-11-22-19(25)15-7-3-2-4-8-15)24-14-17-13-16-9-5-6-10-18(16)26-17;/h2-10,17H,11-14H2,1H3,(H,22,25)(H2,21,23,24);1H. The van der Waals surface area contributed by atoms with Crippen LogP contribution in [0.5, 0.6) is 5.75 Å². The van der Waals surface area contributed by atoms with Crippen molar-refractivity contribution in [1.82, 2.24) is 16.0 Å². The molecule has 1 aliphatic rings. The summed E-state index contributed by atoms with van der Waals surface area (Å²) in [4.78, 5) is 16.2. The van der Waals surface area contributed by atoms with Crippen LogP contribution in [0.4, 0.5) is 0 Å². The Labute approximate surface area is 176 Å². The summed E-state index contributed by atoms with van der Waals surface area (Å²) < 4.78 is 5.91. The van der Waals surface area contributed by atoms with Crippen molar-refractivity contribution in [3.8, 4) is 5.75 Å². The van der Waals surface area contributed by atoms with Crippen molar-refractivity contribution in [3.05, 3.63) is 65.7 Å². The number of ether oxygens (including phenoxy) is 1. The van der Waals surface area contributed by atoms with Crippen molar-refractivity contribution in [3.63, 3.8) is 0 Å². The van der Waals surface area contributed by atoms with Crippen LogP contribution in [0.1, 0.15) is 15.9 Å². The molecule has 0 aliphatic carbocycles. The van der Waals surface area contributed by atoms with Crippen molar-refractivity contribution in [2.45, 2.75) is 12.5 Å². The number of nitrogens with one attached hydrogen (secondary N) is 3. The normalized spacial score (nSPS) is 15.1. The molecule has 3 rings (SSSR count). The molecule has 3 N–H and O–H groups in total. The molecule has 0 fully saturated rings. The SMILES string of the molecule is CN=C(NCCNC(=O)c1ccccc1)NCC1Cc2ccccc2O1.I. The lowest BCUT2D eigenvalue weighted by atomic mass is 10.1. The lowest BCUT2D eigenvalue weighted by Crippen LogP contribution is -2.44. The summed E-state index contributed by atoms with van der Waals surface area (Å²) in [6.07, 6.45) is 0.997. The van der Waals surface area contributed by atoms with E-state index >= 15 is 0 Å². The molecular weight excluding hydrogens is 455 g/mol. The van der Waals surface area contributed by atoms with Gasteiger partial charge in [0.05, 0.1) is 6.54 Å². The lowest BCUT2D eigenvalue weighted by Gasteiger charge is -2.15. The minimum absolute atomic E-state index is 0. The van der Waals surface area contributed by atoms with E-state index in [0.717, 1.165) is 12.2 Å². The molecule has 6 nitrogen and oxygen atoms in total. The van der Waals surface area contributed by atoms with Gasteiger partial charge < -0.3 is 20.7 Å². The van der Waals surface area contributed by atoms with Gasteiger partial charge in [0.25, 0.3) is 5.91 Å². The fourth-order valence-corrected chi connectivity index (χ4v) is 2.85. The molecule has 0 saturated heterocycles. The van der Waals surface area contributed by atoms with E-state index < -0.39 is 0 Å². The number of nitrogens with zero attached hydrogens (tertiary/aromatic N) is 1. The highest BCUT2D eigenvalue weighted by Crippen LogP contribution is 2.27. The molecule has 0 radical (unpaired) electrons. The third kappa shape index (κ3) is 6.13. The van der Waals surface area contributed by atoms with Crippen molar-refractivity contribution >= 4 is 35.8 Å². The number of carbonyl (C=O) groups excluding carboxylic acids is 1. The number of benzene rings is 2. The molecule has 2 aromatic carbocycles. The number of rotatable bonds is 6. The van der Waals surface area contributed by atoms with Crippen LogP contribution in [0.25, 0.3) is 0 Å². The van der Waals surface area contributed by atoms with Gasteiger partial charge in [0.15, 0.2) is 5.96 Å². The molecular formula is C20H25IN4O2. The number of fused-ring (bicyclic) bond motifs is 1. The monoisotopic (exact) mass is 480 g/mol. The van der Waals surface area contributed by atoms with Crippen LogP contribution in [0.3, 0.4) is 0 Å². The topological polar surface area (TPSA) is 74.8 Å². The molecule has 0 aromatic heterocycles. The van der Waals surface area contributed by atoms with Crippen LogP contribution in [0, 0.1) is 0 Å². The van der Waals surface area contributed by atoms with E-state index in [9.17, 15) is 4.79 Å². The highest BCUT2D eigenvalue weighted by atomic mass is 127. The fraction of sp³-hybridized carbons (Fsp3) is 0.300. The Morgan fingerprint density at radius 2 is 1.74 bits per heavy atom. The average Bonchev–Trinajstić information content (AvgIpc) is 3.11. The Hall–Kier alpha value is -2.29. The number of guanidine groups is 1. The van der Waals surface area contributed by atoms with Gasteiger partial charge in [0.1, 0.15) is 11.9 Å². The number of aliphatic imine (C=N–C) groups is 1. The molecule has 1 amide bonds. The number of hydrogen-bond donors (Lipinski definition) is 3. The van der Waals surface area contributed by atoms with E-state index in [2.05, 4.69) is 27.0 Å². The number of para-hydroxylation sites is 1. The molecule has 0 saturated carbocycles. The predicted molar refractivity (Wildman–Crippen MR) is 118 cm³/mol. The molecule has 1 aliphatic heterocycles. The number of carbonyl (C=O) groups is 1. The van der Waals surface area contributed by atoms with Gasteiger partial charge in [-0.2, -0.15) is 0 Å². The number of halogens is 1. The Morgan fingerprint density at radius 1 is 1.04 bits per heavy atom. The maximum absolute atomic E-state index is 12.0. The minimum atomic E-state index is -0.0764. The Balaban J connectivity index is 0.00000261. The van der Waals surface area contributed by atoms with Gasteiger partial charge in [-0.15, -0.1) is 24.0 Å². The van der Waals surface area contributed by atoms with Crippen LogP contribution in [-0.4, -0.2) is 44.7 Å². The smallest absolute Gasteiger partial charge is 0.251 e.